The molecule has 0 saturated heterocycles. The number of benzene rings is 3. The number of carbonyl (C=O) groups excluding carboxylic acids is 2. The van der Waals surface area contributed by atoms with Crippen molar-refractivity contribution in [3.63, 3.8) is 0 Å². The summed E-state index contributed by atoms with van der Waals surface area (Å²) in [4.78, 5) is 38.8. The van der Waals surface area contributed by atoms with Crippen LogP contribution in [-0.2, 0) is 0 Å². The highest BCUT2D eigenvalue weighted by atomic mass is 32.2. The van der Waals surface area contributed by atoms with Gasteiger partial charge in [0.15, 0.2) is 5.78 Å². The Morgan fingerprint density at radius 2 is 1.88 bits per heavy atom. The minimum Gasteiger partial charge on any atom is -0.341 e. The lowest BCUT2D eigenvalue weighted by Gasteiger charge is -2.16. The molecule has 0 unspecified atom stereocenters. The molecule has 9 heteroatoms. The molecule has 2 heterocycles. The molecule has 0 aliphatic carbocycles. The second-order valence-electron chi connectivity index (χ2n) is 9.48. The average Bonchev–Trinajstić information content (AvgIpc) is 3.69. The van der Waals surface area contributed by atoms with Gasteiger partial charge in [-0.15, -0.1) is 23.1 Å². The molecule has 2 aromatic heterocycles. The lowest BCUT2D eigenvalue weighted by Crippen LogP contribution is -2.28. The highest BCUT2D eigenvalue weighted by molar-refractivity contribution is 7.98. The van der Waals surface area contributed by atoms with Crippen LogP contribution in [0.4, 0.5) is 4.39 Å². The van der Waals surface area contributed by atoms with E-state index in [2.05, 4.69) is 50.6 Å². The Bertz CT molecular complexity index is 1620. The number of ketones is 1. The molecule has 3 aromatic carbocycles. The van der Waals surface area contributed by atoms with E-state index in [1.807, 2.05) is 18.4 Å². The number of carbonyl (C=O) groups is 2. The van der Waals surface area contributed by atoms with E-state index in [0.717, 1.165) is 29.5 Å². The summed E-state index contributed by atoms with van der Waals surface area (Å²) in [5.74, 6) is -0.171. The topological polar surface area (TPSA) is 87.7 Å². The first kappa shape index (κ1) is 27.7. The van der Waals surface area contributed by atoms with Crippen LogP contribution in [0.5, 0.6) is 0 Å². The van der Waals surface area contributed by atoms with Crippen molar-refractivity contribution in [2.45, 2.75) is 43.0 Å². The largest absolute Gasteiger partial charge is 0.341 e. The number of nitrogens with zero attached hydrogens (tertiary/aromatic N) is 2. The summed E-state index contributed by atoms with van der Waals surface area (Å²) in [6, 6.07) is 18.8. The van der Waals surface area contributed by atoms with Crippen molar-refractivity contribution in [2.24, 2.45) is 0 Å². The molecule has 0 bridgehead atoms. The highest BCUT2D eigenvalue weighted by Crippen LogP contribution is 2.27. The number of hydrogen-bond acceptors (Lipinski definition) is 6. The number of halogens is 1. The number of rotatable bonds is 12. The van der Waals surface area contributed by atoms with Crippen molar-refractivity contribution in [1.29, 1.82) is 0 Å². The standard InChI is InChI=1S/C31H29FN4O2S2/c1-39-27-13-7-10-23(32)29(27)26(37)12-4-2-3-11-24(36-31(38)28-18-33-19-40-28)30-34-17-25(35-30)22-15-14-20-8-5-6-9-21(20)16-22/h5-10,13-19,24H,2-4,11-12H2,1H3,(H,34,35)(H,36,38)/t24-/m0/s1. The number of nitrogens with one attached hydrogen (secondary N) is 2. The molecule has 0 fully saturated rings. The van der Waals surface area contributed by atoms with Crippen LogP contribution in [0.2, 0.25) is 0 Å². The molecular formula is C31H29FN4O2S2. The van der Waals surface area contributed by atoms with Crippen LogP contribution in [0, 0.1) is 5.82 Å². The van der Waals surface area contributed by atoms with Crippen LogP contribution >= 0.6 is 23.1 Å². The van der Waals surface area contributed by atoms with Crippen LogP contribution in [-0.4, -0.2) is 32.9 Å². The van der Waals surface area contributed by atoms with Crippen LogP contribution in [0.3, 0.4) is 0 Å². The number of thioether (sulfide) groups is 1. The number of amides is 1. The molecule has 0 radical (unpaired) electrons. The van der Waals surface area contributed by atoms with Gasteiger partial charge >= 0.3 is 0 Å². The molecule has 5 aromatic rings. The minimum absolute atomic E-state index is 0.177. The second-order valence-corrected chi connectivity index (χ2v) is 11.2. The second kappa shape index (κ2) is 13.0. The minimum atomic E-state index is -0.470. The monoisotopic (exact) mass is 572 g/mol. The molecular weight excluding hydrogens is 543 g/mol. The number of Topliss-reactive ketones (excluding diaryl/α,β-unsaturated/α-hetero) is 1. The fourth-order valence-corrected chi connectivity index (χ4v) is 5.89. The molecule has 0 aliphatic heterocycles. The molecule has 0 aliphatic rings. The normalized spacial score (nSPS) is 11.9. The summed E-state index contributed by atoms with van der Waals surface area (Å²) in [5.41, 5.74) is 3.70. The Morgan fingerprint density at radius 3 is 2.67 bits per heavy atom. The molecule has 5 rings (SSSR count). The van der Waals surface area contributed by atoms with Gasteiger partial charge in [-0.05, 0) is 48.1 Å². The maximum absolute atomic E-state index is 14.3. The average molecular weight is 573 g/mol. The summed E-state index contributed by atoms with van der Waals surface area (Å²) in [7, 11) is 0. The summed E-state index contributed by atoms with van der Waals surface area (Å²) in [5, 5.41) is 5.40. The van der Waals surface area contributed by atoms with Gasteiger partial charge in [-0.3, -0.25) is 14.6 Å². The van der Waals surface area contributed by atoms with E-state index in [9.17, 15) is 14.0 Å². The van der Waals surface area contributed by atoms with Crippen molar-refractivity contribution in [3.05, 3.63) is 101 Å². The molecule has 204 valence electrons. The van der Waals surface area contributed by atoms with Crippen molar-refractivity contribution in [3.8, 4) is 11.3 Å². The summed E-state index contributed by atoms with van der Waals surface area (Å²) < 4.78 is 14.3. The van der Waals surface area contributed by atoms with E-state index >= 15 is 0 Å². The Hall–Kier alpha value is -3.82. The number of fused-ring (bicyclic) bond motifs is 1. The predicted molar refractivity (Wildman–Crippen MR) is 159 cm³/mol. The van der Waals surface area contributed by atoms with Gasteiger partial charge in [0.2, 0.25) is 0 Å². The van der Waals surface area contributed by atoms with E-state index in [1.54, 1.807) is 30.0 Å². The molecule has 6 nitrogen and oxygen atoms in total. The van der Waals surface area contributed by atoms with E-state index in [-0.39, 0.29) is 29.7 Å². The lowest BCUT2D eigenvalue weighted by molar-refractivity contribution is 0.0935. The Morgan fingerprint density at radius 1 is 1.02 bits per heavy atom. The van der Waals surface area contributed by atoms with E-state index < -0.39 is 5.82 Å². The van der Waals surface area contributed by atoms with Gasteiger partial charge < -0.3 is 10.3 Å². The zero-order chi connectivity index (χ0) is 27.9. The van der Waals surface area contributed by atoms with Gasteiger partial charge in [-0.1, -0.05) is 55.3 Å². The fraction of sp³-hybridized carbons (Fsp3) is 0.226. The Kier molecular flexibility index (Phi) is 9.03. The van der Waals surface area contributed by atoms with Crippen LogP contribution in [0.1, 0.15) is 64.0 Å². The third-order valence-electron chi connectivity index (χ3n) is 6.82. The molecule has 1 amide bonds. The third-order valence-corrected chi connectivity index (χ3v) is 8.37. The number of aromatic amines is 1. The van der Waals surface area contributed by atoms with Crippen molar-refractivity contribution < 1.29 is 14.0 Å². The maximum atomic E-state index is 14.3. The summed E-state index contributed by atoms with van der Waals surface area (Å²) >= 11 is 2.66. The molecule has 40 heavy (non-hydrogen) atoms. The third kappa shape index (κ3) is 6.48. The summed E-state index contributed by atoms with van der Waals surface area (Å²) in [6.07, 6.45) is 8.26. The Balaban J connectivity index is 1.25. The molecule has 0 spiro atoms. The Labute approximate surface area is 240 Å². The number of thiazole rings is 1. The lowest BCUT2D eigenvalue weighted by atomic mass is 10.0. The summed E-state index contributed by atoms with van der Waals surface area (Å²) in [6.45, 7) is 0. The smallest absolute Gasteiger partial charge is 0.263 e. The maximum Gasteiger partial charge on any atom is 0.263 e. The zero-order valence-electron chi connectivity index (χ0n) is 22.0. The number of hydrogen-bond donors (Lipinski definition) is 2. The molecule has 2 N–H and O–H groups in total. The first-order valence-corrected chi connectivity index (χ1v) is 15.2. The molecule has 1 atom stereocenters. The van der Waals surface area contributed by atoms with Crippen molar-refractivity contribution >= 4 is 45.6 Å². The van der Waals surface area contributed by atoms with Gasteiger partial charge in [-0.2, -0.15) is 0 Å². The van der Waals surface area contributed by atoms with Crippen molar-refractivity contribution in [1.82, 2.24) is 20.3 Å². The number of H-pyrrole nitrogens is 1. The van der Waals surface area contributed by atoms with Crippen LogP contribution in [0.25, 0.3) is 22.0 Å². The van der Waals surface area contributed by atoms with Crippen LogP contribution < -0.4 is 5.32 Å². The first-order valence-electron chi connectivity index (χ1n) is 13.1. The van der Waals surface area contributed by atoms with E-state index in [0.29, 0.717) is 28.4 Å². The molecule has 0 saturated carbocycles. The van der Waals surface area contributed by atoms with Gasteiger partial charge in [0.05, 0.1) is 35.2 Å². The highest BCUT2D eigenvalue weighted by Gasteiger charge is 2.21. The number of aromatic nitrogens is 3. The van der Waals surface area contributed by atoms with Crippen molar-refractivity contribution in [2.75, 3.05) is 6.26 Å². The number of imidazole rings is 1. The first-order chi connectivity index (χ1) is 19.5. The quantitative estimate of drug-likeness (QED) is 0.0903. The predicted octanol–water partition coefficient (Wildman–Crippen LogP) is 7.85. The van der Waals surface area contributed by atoms with Gasteiger partial charge in [0.25, 0.3) is 5.91 Å². The van der Waals surface area contributed by atoms with E-state index in [1.165, 1.54) is 34.6 Å². The van der Waals surface area contributed by atoms with Gasteiger partial charge in [0, 0.05) is 16.9 Å². The fourth-order valence-electron chi connectivity index (χ4n) is 4.73. The zero-order valence-corrected chi connectivity index (χ0v) is 23.7. The van der Waals surface area contributed by atoms with Crippen LogP contribution in [0.15, 0.2) is 83.5 Å². The van der Waals surface area contributed by atoms with Gasteiger partial charge in [-0.25, -0.2) is 9.37 Å². The van der Waals surface area contributed by atoms with E-state index in [4.69, 9.17) is 0 Å². The van der Waals surface area contributed by atoms with Gasteiger partial charge in [0.1, 0.15) is 16.5 Å². The number of unbranched alkanes of at least 4 members (excludes halogenated alkanes) is 2. The SMILES string of the molecule is CSc1cccc(F)c1C(=O)CCCCC[C@H](NC(=O)c1cncs1)c1ncc(-c2ccc3ccccc3c2)[nH]1.